The Morgan fingerprint density at radius 3 is 2.53 bits per heavy atom. The standard InChI is InChI=1S/C17H18NO/c1-2-3-13-18-19-14-16-11-7-8-12-17(16)15-9-5-4-6-10-15/h4-12H,2-3,14H2,1H3. The van der Waals surface area contributed by atoms with E-state index in [1.165, 1.54) is 11.1 Å². The number of benzene rings is 2. The molecule has 0 bridgehead atoms. The molecule has 0 atom stereocenters. The zero-order valence-electron chi connectivity index (χ0n) is 11.2. The van der Waals surface area contributed by atoms with Crippen molar-refractivity contribution in [3.63, 3.8) is 0 Å². The lowest BCUT2D eigenvalue weighted by Gasteiger charge is -2.08. The molecule has 0 aromatic heterocycles. The molecule has 0 fully saturated rings. The first-order chi connectivity index (χ1) is 9.42. The van der Waals surface area contributed by atoms with Gasteiger partial charge in [0.15, 0.2) is 0 Å². The Balaban J connectivity index is 2.09. The van der Waals surface area contributed by atoms with E-state index in [1.807, 2.05) is 30.3 Å². The summed E-state index contributed by atoms with van der Waals surface area (Å²) in [4.78, 5) is 5.30. The highest BCUT2D eigenvalue weighted by molar-refractivity contribution is 5.67. The van der Waals surface area contributed by atoms with E-state index >= 15 is 0 Å². The summed E-state index contributed by atoms with van der Waals surface area (Å²) in [5.74, 6) is 0. The number of hydrogen-bond donors (Lipinski definition) is 0. The fraction of sp³-hybridized carbons (Fsp3) is 0.235. The molecule has 2 aromatic carbocycles. The molecule has 2 nitrogen and oxygen atoms in total. The second kappa shape index (κ2) is 7.37. The summed E-state index contributed by atoms with van der Waals surface area (Å²) in [6, 6.07) is 18.5. The first-order valence-corrected chi connectivity index (χ1v) is 6.60. The van der Waals surface area contributed by atoms with Crippen LogP contribution in [0.4, 0.5) is 0 Å². The van der Waals surface area contributed by atoms with Crippen molar-refractivity contribution in [1.82, 2.24) is 0 Å². The summed E-state index contributed by atoms with van der Waals surface area (Å²) >= 11 is 0. The van der Waals surface area contributed by atoms with Crippen molar-refractivity contribution in [3.05, 3.63) is 60.2 Å². The number of unbranched alkanes of at least 4 members (excludes halogenated alkanes) is 1. The van der Waals surface area contributed by atoms with Crippen molar-refractivity contribution in [2.75, 3.05) is 0 Å². The summed E-state index contributed by atoms with van der Waals surface area (Å²) in [5.41, 5.74) is 3.52. The Morgan fingerprint density at radius 2 is 1.74 bits per heavy atom. The SMILES string of the molecule is CCC/[C]=N\OCc1ccccc1-c1ccccc1. The van der Waals surface area contributed by atoms with Crippen LogP contribution >= 0.6 is 0 Å². The van der Waals surface area contributed by atoms with Gasteiger partial charge in [-0.3, -0.25) is 0 Å². The lowest BCUT2D eigenvalue weighted by molar-refractivity contribution is 0.132. The number of nitrogens with zero attached hydrogens (tertiary/aromatic N) is 1. The third-order valence-corrected chi connectivity index (χ3v) is 2.81. The first kappa shape index (κ1) is 13.3. The third-order valence-electron chi connectivity index (χ3n) is 2.81. The predicted molar refractivity (Wildman–Crippen MR) is 79.0 cm³/mol. The molecule has 0 amide bonds. The molecule has 0 saturated carbocycles. The van der Waals surface area contributed by atoms with Gasteiger partial charge in [-0.15, -0.1) is 0 Å². The van der Waals surface area contributed by atoms with Gasteiger partial charge in [-0.25, -0.2) is 0 Å². The Labute approximate surface area is 114 Å². The highest BCUT2D eigenvalue weighted by Gasteiger charge is 2.03. The Hall–Kier alpha value is -2.09. The molecule has 2 aromatic rings. The molecule has 0 aliphatic rings. The summed E-state index contributed by atoms with van der Waals surface area (Å²) < 4.78 is 0. The third kappa shape index (κ3) is 3.95. The van der Waals surface area contributed by atoms with Crippen LogP contribution in [0, 0.1) is 0 Å². The van der Waals surface area contributed by atoms with Crippen LogP contribution in [0.1, 0.15) is 25.3 Å². The Kier molecular flexibility index (Phi) is 5.17. The zero-order valence-corrected chi connectivity index (χ0v) is 11.2. The van der Waals surface area contributed by atoms with Gasteiger partial charge in [0.25, 0.3) is 0 Å². The molecule has 0 N–H and O–H groups in total. The molecule has 0 aliphatic heterocycles. The van der Waals surface area contributed by atoms with Crippen LogP contribution < -0.4 is 0 Å². The fourth-order valence-corrected chi connectivity index (χ4v) is 1.85. The number of hydrogen-bond acceptors (Lipinski definition) is 2. The Morgan fingerprint density at radius 1 is 1.00 bits per heavy atom. The van der Waals surface area contributed by atoms with Gasteiger partial charge in [-0.2, -0.15) is 0 Å². The molecule has 97 valence electrons. The van der Waals surface area contributed by atoms with E-state index in [0.29, 0.717) is 6.61 Å². The van der Waals surface area contributed by atoms with E-state index < -0.39 is 0 Å². The smallest absolute Gasteiger partial charge is 0.142 e. The molecule has 0 unspecified atom stereocenters. The number of rotatable bonds is 6. The van der Waals surface area contributed by atoms with Crippen LogP contribution in [-0.2, 0) is 11.4 Å². The minimum Gasteiger partial charge on any atom is -0.391 e. The van der Waals surface area contributed by atoms with E-state index in [4.69, 9.17) is 4.84 Å². The summed E-state index contributed by atoms with van der Waals surface area (Å²) in [5, 5.41) is 3.84. The topological polar surface area (TPSA) is 21.6 Å². The summed E-state index contributed by atoms with van der Waals surface area (Å²) in [6.07, 6.45) is 4.74. The maximum Gasteiger partial charge on any atom is 0.142 e. The van der Waals surface area contributed by atoms with E-state index in [9.17, 15) is 0 Å². The highest BCUT2D eigenvalue weighted by Crippen LogP contribution is 2.23. The van der Waals surface area contributed by atoms with Crippen molar-refractivity contribution >= 4 is 6.21 Å². The average Bonchev–Trinajstić information content (AvgIpc) is 2.48. The van der Waals surface area contributed by atoms with Gasteiger partial charge < -0.3 is 4.84 Å². The van der Waals surface area contributed by atoms with Gasteiger partial charge in [0.05, 0.1) is 0 Å². The van der Waals surface area contributed by atoms with Gasteiger partial charge in [0.1, 0.15) is 12.8 Å². The van der Waals surface area contributed by atoms with E-state index in [2.05, 4.69) is 42.6 Å². The predicted octanol–water partition coefficient (Wildman–Crippen LogP) is 4.53. The van der Waals surface area contributed by atoms with E-state index in [1.54, 1.807) is 0 Å². The molecule has 0 saturated heterocycles. The lowest BCUT2D eigenvalue weighted by Crippen LogP contribution is -1.91. The summed E-state index contributed by atoms with van der Waals surface area (Å²) in [7, 11) is 0. The quantitative estimate of drug-likeness (QED) is 0.546. The van der Waals surface area contributed by atoms with Gasteiger partial charge in [-0.1, -0.05) is 73.1 Å². The van der Waals surface area contributed by atoms with Crippen LogP contribution in [-0.4, -0.2) is 6.21 Å². The van der Waals surface area contributed by atoms with Crippen molar-refractivity contribution in [2.45, 2.75) is 26.4 Å². The largest absolute Gasteiger partial charge is 0.391 e. The highest BCUT2D eigenvalue weighted by atomic mass is 16.6. The monoisotopic (exact) mass is 252 g/mol. The molecule has 1 radical (unpaired) electrons. The van der Waals surface area contributed by atoms with Crippen LogP contribution in [0.25, 0.3) is 11.1 Å². The van der Waals surface area contributed by atoms with Gasteiger partial charge in [-0.05, 0) is 23.1 Å². The van der Waals surface area contributed by atoms with Crippen LogP contribution in [0.15, 0.2) is 59.8 Å². The second-order valence-electron chi connectivity index (χ2n) is 4.30. The van der Waals surface area contributed by atoms with Crippen molar-refractivity contribution < 1.29 is 4.84 Å². The molecule has 0 heterocycles. The molecule has 19 heavy (non-hydrogen) atoms. The lowest BCUT2D eigenvalue weighted by atomic mass is 10.0. The van der Waals surface area contributed by atoms with Gasteiger partial charge in [0.2, 0.25) is 0 Å². The van der Waals surface area contributed by atoms with Crippen LogP contribution in [0.5, 0.6) is 0 Å². The maximum absolute atomic E-state index is 5.30. The first-order valence-electron chi connectivity index (χ1n) is 6.60. The molecule has 2 rings (SSSR count). The van der Waals surface area contributed by atoms with Crippen molar-refractivity contribution in [1.29, 1.82) is 0 Å². The van der Waals surface area contributed by atoms with Crippen LogP contribution in [0.2, 0.25) is 0 Å². The molecule has 0 spiro atoms. The van der Waals surface area contributed by atoms with Gasteiger partial charge >= 0.3 is 0 Å². The minimum atomic E-state index is 0.474. The molecule has 2 heteroatoms. The average molecular weight is 252 g/mol. The van der Waals surface area contributed by atoms with E-state index in [0.717, 1.165) is 18.4 Å². The Bertz CT molecular complexity index is 520. The maximum atomic E-state index is 5.30. The minimum absolute atomic E-state index is 0.474. The molecular weight excluding hydrogens is 234 g/mol. The molecular formula is C17H18NO. The van der Waals surface area contributed by atoms with Crippen molar-refractivity contribution in [2.24, 2.45) is 5.16 Å². The second-order valence-corrected chi connectivity index (χ2v) is 4.30. The summed E-state index contributed by atoms with van der Waals surface area (Å²) in [6.45, 7) is 2.56. The van der Waals surface area contributed by atoms with E-state index in [-0.39, 0.29) is 0 Å². The van der Waals surface area contributed by atoms with Gasteiger partial charge in [0, 0.05) is 0 Å². The van der Waals surface area contributed by atoms with Crippen LogP contribution in [0.3, 0.4) is 0 Å². The molecule has 0 aliphatic carbocycles. The zero-order chi connectivity index (χ0) is 13.3. The normalized spacial score (nSPS) is 10.8. The fourth-order valence-electron chi connectivity index (χ4n) is 1.85. The van der Waals surface area contributed by atoms with Crippen molar-refractivity contribution in [3.8, 4) is 11.1 Å².